The van der Waals surface area contributed by atoms with Crippen LogP contribution in [-0.4, -0.2) is 88.7 Å². The summed E-state index contributed by atoms with van der Waals surface area (Å²) in [7, 11) is -0.765. The maximum atomic E-state index is 17.6. The molecule has 5 aliphatic rings. The van der Waals surface area contributed by atoms with Crippen molar-refractivity contribution < 1.29 is 37.2 Å². The molecule has 0 amide bonds. The Bertz CT molecular complexity index is 2140. The highest BCUT2D eigenvalue weighted by Gasteiger charge is 2.52. The summed E-state index contributed by atoms with van der Waals surface area (Å²) in [6.07, 6.45) is 2.11. The van der Waals surface area contributed by atoms with Gasteiger partial charge in [-0.1, -0.05) is 53.5 Å². The normalized spacial score (nSPS) is 21.9. The lowest BCUT2D eigenvalue weighted by Gasteiger charge is -2.38. The van der Waals surface area contributed by atoms with Crippen LogP contribution in [0.4, 0.5) is 14.6 Å². The molecular formula is C41H48F2N4O6Si. The van der Waals surface area contributed by atoms with Gasteiger partial charge in [0.05, 0.1) is 44.1 Å². The van der Waals surface area contributed by atoms with E-state index in [4.69, 9.17) is 43.4 Å². The molecule has 0 spiro atoms. The summed E-state index contributed by atoms with van der Waals surface area (Å²) in [5.41, 5.74) is 4.98. The van der Waals surface area contributed by atoms with E-state index >= 15 is 8.78 Å². The highest BCUT2D eigenvalue weighted by Crippen LogP contribution is 2.50. The second-order valence-corrected chi connectivity index (χ2v) is 21.8. The zero-order chi connectivity index (χ0) is 37.9. The van der Waals surface area contributed by atoms with Gasteiger partial charge in [-0.3, -0.25) is 0 Å². The Balaban J connectivity index is 1.36. The molecule has 54 heavy (non-hydrogen) atoms. The number of methoxy groups -OCH3 is 1. The van der Waals surface area contributed by atoms with Gasteiger partial charge in [0, 0.05) is 30.0 Å². The zero-order valence-electron chi connectivity index (χ0n) is 32.1. The lowest BCUT2D eigenvalue weighted by atomic mass is 9.71. The van der Waals surface area contributed by atoms with Crippen molar-refractivity contribution in [2.75, 3.05) is 58.4 Å². The summed E-state index contributed by atoms with van der Waals surface area (Å²) in [6, 6.07) is 6.38. The predicted molar refractivity (Wildman–Crippen MR) is 205 cm³/mol. The van der Waals surface area contributed by atoms with E-state index in [0.717, 1.165) is 12.8 Å². The van der Waals surface area contributed by atoms with Crippen molar-refractivity contribution in [1.29, 1.82) is 0 Å². The largest absolute Gasteiger partial charge is 0.475 e. The molecule has 1 aliphatic carbocycles. The number of hydrogen-bond donors (Lipinski definition) is 0. The van der Waals surface area contributed by atoms with Crippen LogP contribution in [0.3, 0.4) is 0 Å². The lowest BCUT2D eigenvalue weighted by Crippen LogP contribution is -2.48. The molecule has 2 bridgehead atoms. The van der Waals surface area contributed by atoms with Gasteiger partial charge in [0.2, 0.25) is 5.88 Å². The number of nitrogens with zero attached hydrogens (tertiary/aromatic N) is 4. The molecule has 3 saturated heterocycles. The molecule has 6 heterocycles. The number of anilines is 1. The molecule has 4 fully saturated rings. The standard InChI is InChI=1S/C41H48F2N4O6Si/c1-23(2)54(24(3)4,25(5)6)13-10-30-32(42)9-8-26-14-28(53-22-48-7)15-31(33(26)30)36-35(43)37-34-38(47-11-12-49-18-27(47)19-50-39(34)44-36)46-40(45-37)52-21-41-16-29(17-41)51-20-41/h8-9,14-15,23-25,27,29H,11-12,16-22H2,1-7H3/t27-,29?,41?/m0/s1. The fourth-order valence-corrected chi connectivity index (χ4v) is 14.5. The summed E-state index contributed by atoms with van der Waals surface area (Å²) in [6.45, 7) is 15.9. The van der Waals surface area contributed by atoms with E-state index in [0.29, 0.717) is 82.9 Å². The summed E-state index contributed by atoms with van der Waals surface area (Å²) in [4.78, 5) is 16.5. The molecular weight excluding hydrogens is 711 g/mol. The molecule has 4 aliphatic heterocycles. The first-order valence-corrected chi connectivity index (χ1v) is 21.2. The van der Waals surface area contributed by atoms with Crippen LogP contribution in [0.25, 0.3) is 32.9 Å². The third kappa shape index (κ3) is 6.15. The van der Waals surface area contributed by atoms with E-state index in [1.165, 1.54) is 13.2 Å². The summed E-state index contributed by atoms with van der Waals surface area (Å²) in [5, 5.41) is 1.39. The molecule has 2 aromatic carbocycles. The Morgan fingerprint density at radius 3 is 2.46 bits per heavy atom. The average molecular weight is 759 g/mol. The van der Waals surface area contributed by atoms with E-state index in [-0.39, 0.29) is 59.6 Å². The summed E-state index contributed by atoms with van der Waals surface area (Å²) < 4.78 is 69.2. The first-order chi connectivity index (χ1) is 25.9. The highest BCUT2D eigenvalue weighted by molar-refractivity contribution is 6.90. The number of fused-ring (bicyclic) bond motifs is 4. The number of aromatic nitrogens is 3. The topological polar surface area (TPSA) is 97.3 Å². The van der Waals surface area contributed by atoms with Crippen molar-refractivity contribution in [2.24, 2.45) is 5.41 Å². The second-order valence-electron chi connectivity index (χ2n) is 16.2. The van der Waals surface area contributed by atoms with E-state index in [1.807, 2.05) is 0 Å². The molecule has 0 N–H and O–H groups in total. The van der Waals surface area contributed by atoms with Crippen LogP contribution in [0, 0.1) is 28.5 Å². The van der Waals surface area contributed by atoms with Crippen molar-refractivity contribution in [3.8, 4) is 40.4 Å². The Morgan fingerprint density at radius 2 is 1.76 bits per heavy atom. The average Bonchev–Trinajstić information content (AvgIpc) is 3.71. The summed E-state index contributed by atoms with van der Waals surface area (Å²) in [5.74, 6) is 3.18. The van der Waals surface area contributed by atoms with Crippen LogP contribution in [0.1, 0.15) is 59.9 Å². The highest BCUT2D eigenvalue weighted by atomic mass is 28.3. The minimum atomic E-state index is -2.29. The van der Waals surface area contributed by atoms with Crippen molar-refractivity contribution in [3.63, 3.8) is 0 Å². The fraction of sp³-hybridized carbons (Fsp3) is 0.537. The minimum absolute atomic E-state index is 0.0000441. The smallest absolute Gasteiger partial charge is 0.319 e. The predicted octanol–water partition coefficient (Wildman–Crippen LogP) is 7.83. The number of morpholine rings is 1. The molecule has 9 rings (SSSR count). The minimum Gasteiger partial charge on any atom is -0.475 e. The van der Waals surface area contributed by atoms with Gasteiger partial charge in [0.25, 0.3) is 0 Å². The van der Waals surface area contributed by atoms with Gasteiger partial charge < -0.3 is 33.3 Å². The van der Waals surface area contributed by atoms with Crippen LogP contribution >= 0.6 is 0 Å². The van der Waals surface area contributed by atoms with Crippen molar-refractivity contribution in [1.82, 2.24) is 15.0 Å². The third-order valence-electron chi connectivity index (χ3n) is 12.0. The molecule has 1 atom stereocenters. The van der Waals surface area contributed by atoms with E-state index < -0.39 is 19.7 Å². The van der Waals surface area contributed by atoms with Gasteiger partial charge in [0.1, 0.15) is 48.7 Å². The third-order valence-corrected chi connectivity index (χ3v) is 18.3. The van der Waals surface area contributed by atoms with E-state index in [1.54, 1.807) is 18.2 Å². The SMILES string of the molecule is COCOc1cc(-c2nc3c4c(nc(OCC56COC(C5)C6)nc4c2F)N2CCOC[C@H]2CO3)c2c(C#C[Si](C(C)C)(C(C)C)C(C)C)c(F)ccc2c1. The quantitative estimate of drug-likeness (QED) is 0.0905. The molecule has 4 aromatic rings. The number of benzene rings is 2. The number of ether oxygens (including phenoxy) is 6. The maximum absolute atomic E-state index is 17.6. The Hall–Kier alpha value is -4.09. The molecule has 0 unspecified atom stereocenters. The molecule has 286 valence electrons. The molecule has 10 nitrogen and oxygen atoms in total. The van der Waals surface area contributed by atoms with Crippen LogP contribution in [-0.2, 0) is 14.2 Å². The van der Waals surface area contributed by atoms with Crippen LogP contribution < -0.4 is 19.1 Å². The first-order valence-electron chi connectivity index (χ1n) is 19.0. The van der Waals surface area contributed by atoms with Crippen LogP contribution in [0.2, 0.25) is 16.6 Å². The lowest BCUT2D eigenvalue weighted by molar-refractivity contribution is 0.0512. The maximum Gasteiger partial charge on any atom is 0.319 e. The summed E-state index contributed by atoms with van der Waals surface area (Å²) >= 11 is 0. The van der Waals surface area contributed by atoms with Crippen LogP contribution in [0.15, 0.2) is 24.3 Å². The van der Waals surface area contributed by atoms with Gasteiger partial charge in [-0.05, 0) is 53.1 Å². The molecule has 2 aromatic heterocycles. The molecule has 0 radical (unpaired) electrons. The first kappa shape index (κ1) is 36.9. The molecule has 1 saturated carbocycles. The van der Waals surface area contributed by atoms with Gasteiger partial charge >= 0.3 is 6.01 Å². The van der Waals surface area contributed by atoms with E-state index in [2.05, 4.69) is 57.9 Å². The Labute approximate surface area is 315 Å². The fourth-order valence-electron chi connectivity index (χ4n) is 9.26. The Kier molecular flexibility index (Phi) is 9.69. The van der Waals surface area contributed by atoms with Gasteiger partial charge in [0.15, 0.2) is 12.6 Å². The van der Waals surface area contributed by atoms with Gasteiger partial charge in [-0.15, -0.1) is 5.54 Å². The van der Waals surface area contributed by atoms with Crippen molar-refractivity contribution >= 4 is 35.6 Å². The van der Waals surface area contributed by atoms with Gasteiger partial charge in [-0.25, -0.2) is 13.8 Å². The van der Waals surface area contributed by atoms with E-state index in [9.17, 15) is 0 Å². The number of hydrogen-bond acceptors (Lipinski definition) is 10. The second kappa shape index (κ2) is 14.2. The number of halogens is 2. The zero-order valence-corrected chi connectivity index (χ0v) is 33.1. The monoisotopic (exact) mass is 758 g/mol. The number of pyridine rings is 1. The van der Waals surface area contributed by atoms with Gasteiger partial charge in [-0.2, -0.15) is 9.97 Å². The molecule has 13 heteroatoms. The Morgan fingerprint density at radius 1 is 0.981 bits per heavy atom. The van der Waals surface area contributed by atoms with Crippen LogP contribution in [0.5, 0.6) is 17.6 Å². The van der Waals surface area contributed by atoms with Crippen molar-refractivity contribution in [2.45, 2.75) is 83.2 Å². The van der Waals surface area contributed by atoms with Crippen molar-refractivity contribution in [3.05, 3.63) is 41.5 Å². The number of rotatable bonds is 10.